The molecule has 2 fully saturated rings. The molecule has 2 N–H and O–H groups in total. The van der Waals surface area contributed by atoms with Crippen molar-refractivity contribution >= 4 is 45.5 Å². The Hall–Kier alpha value is -1.85. The first-order chi connectivity index (χ1) is 15.7. The zero-order valence-corrected chi connectivity index (χ0v) is 19.8. The molecule has 0 unspecified atom stereocenters. The van der Waals surface area contributed by atoms with Crippen LogP contribution < -0.4 is 10.6 Å². The van der Waals surface area contributed by atoms with E-state index < -0.39 is 0 Å². The van der Waals surface area contributed by atoms with Crippen molar-refractivity contribution in [1.29, 1.82) is 0 Å². The molecule has 0 amide bonds. The van der Waals surface area contributed by atoms with Crippen molar-refractivity contribution in [2.75, 3.05) is 25.0 Å². The summed E-state index contributed by atoms with van der Waals surface area (Å²) in [7, 11) is 0. The monoisotopic (exact) mass is 468 g/mol. The number of anilines is 2. The van der Waals surface area contributed by atoms with E-state index in [0.29, 0.717) is 5.02 Å². The average molecular weight is 469 g/mol. The third kappa shape index (κ3) is 4.89. The van der Waals surface area contributed by atoms with Gasteiger partial charge in [-0.25, -0.2) is 0 Å². The molecular weight excluding hydrogens is 439 g/mol. The summed E-state index contributed by atoms with van der Waals surface area (Å²) in [6, 6.07) is 14.7. The summed E-state index contributed by atoms with van der Waals surface area (Å²) in [6.07, 6.45) is 8.59. The van der Waals surface area contributed by atoms with Crippen LogP contribution in [0.1, 0.15) is 37.7 Å². The van der Waals surface area contributed by atoms with Crippen molar-refractivity contribution in [1.82, 2.24) is 15.2 Å². The summed E-state index contributed by atoms with van der Waals surface area (Å²) >= 11 is 12.8. The van der Waals surface area contributed by atoms with Gasteiger partial charge in [-0.05, 0) is 93.2 Å². The summed E-state index contributed by atoms with van der Waals surface area (Å²) in [6.45, 7) is 4.46. The van der Waals surface area contributed by atoms with Crippen molar-refractivity contribution in [3.63, 3.8) is 0 Å². The van der Waals surface area contributed by atoms with Crippen LogP contribution in [-0.2, 0) is 6.54 Å². The number of fused-ring (bicyclic) bond motifs is 2. The Morgan fingerprint density at radius 3 is 2.78 bits per heavy atom. The largest absolute Gasteiger partial charge is 0.355 e. The molecule has 2 aliphatic rings. The number of benzene rings is 2. The molecule has 2 aliphatic heterocycles. The van der Waals surface area contributed by atoms with Gasteiger partial charge in [-0.15, -0.1) is 0 Å². The molecule has 1 aromatic heterocycles. The maximum atomic E-state index is 6.65. The van der Waals surface area contributed by atoms with Gasteiger partial charge in [0.05, 0.1) is 5.52 Å². The van der Waals surface area contributed by atoms with E-state index in [-0.39, 0.29) is 0 Å². The predicted octanol–water partition coefficient (Wildman–Crippen LogP) is 6.64. The standard InChI is InChI=1S/C26H30Cl2N4/c27-20-7-9-22-24(10-11-30-25(22)14-20)31-21-8-6-18(23(28)15-21)16-29-17-19-4-3-13-32-12-2-1-5-26(19)32/h6-11,14-15,19,26,29H,1-5,12-13,16-17H2,(H,30,31)/t19-,26+/m0/s1. The number of piperidine rings is 2. The van der Waals surface area contributed by atoms with E-state index in [2.05, 4.69) is 32.7 Å². The molecule has 32 heavy (non-hydrogen) atoms. The summed E-state index contributed by atoms with van der Waals surface area (Å²) in [4.78, 5) is 7.14. The van der Waals surface area contributed by atoms with E-state index >= 15 is 0 Å². The highest BCUT2D eigenvalue weighted by molar-refractivity contribution is 6.32. The van der Waals surface area contributed by atoms with Gasteiger partial charge in [0.15, 0.2) is 0 Å². The third-order valence-corrected chi connectivity index (χ3v) is 7.57. The minimum atomic E-state index is 0.687. The molecule has 3 aromatic rings. The zero-order chi connectivity index (χ0) is 21.9. The SMILES string of the molecule is Clc1ccc2c(Nc3ccc(CNC[C@@H]4CCCN5CCCC[C@H]45)c(Cl)c3)ccnc2c1. The number of nitrogens with one attached hydrogen (secondary N) is 2. The Balaban J connectivity index is 1.21. The lowest BCUT2D eigenvalue weighted by Crippen LogP contribution is -2.50. The van der Waals surface area contributed by atoms with Gasteiger partial charge in [-0.2, -0.15) is 0 Å². The minimum absolute atomic E-state index is 0.687. The van der Waals surface area contributed by atoms with Crippen molar-refractivity contribution < 1.29 is 0 Å². The third-order valence-electron chi connectivity index (χ3n) is 6.99. The van der Waals surface area contributed by atoms with Gasteiger partial charge in [-0.1, -0.05) is 35.7 Å². The first-order valence-electron chi connectivity index (χ1n) is 11.7. The molecule has 2 aromatic carbocycles. The first-order valence-corrected chi connectivity index (χ1v) is 12.5. The Morgan fingerprint density at radius 2 is 1.88 bits per heavy atom. The molecule has 0 aliphatic carbocycles. The maximum Gasteiger partial charge on any atom is 0.0737 e. The van der Waals surface area contributed by atoms with Crippen LogP contribution in [0.5, 0.6) is 0 Å². The number of halogens is 2. The van der Waals surface area contributed by atoms with Gasteiger partial charge in [0.2, 0.25) is 0 Å². The van der Waals surface area contributed by atoms with Crippen LogP contribution in [-0.4, -0.2) is 35.6 Å². The van der Waals surface area contributed by atoms with Crippen LogP contribution in [0.4, 0.5) is 11.4 Å². The Morgan fingerprint density at radius 1 is 0.969 bits per heavy atom. The lowest BCUT2D eigenvalue weighted by Gasteiger charge is -2.44. The second-order valence-electron chi connectivity index (χ2n) is 9.08. The fourth-order valence-corrected chi connectivity index (χ4v) is 5.78. The predicted molar refractivity (Wildman–Crippen MR) is 135 cm³/mol. The molecular formula is C26H30Cl2N4. The lowest BCUT2D eigenvalue weighted by atomic mass is 9.83. The van der Waals surface area contributed by atoms with Gasteiger partial charge < -0.3 is 15.5 Å². The van der Waals surface area contributed by atoms with Gasteiger partial charge in [-0.3, -0.25) is 4.98 Å². The van der Waals surface area contributed by atoms with E-state index in [4.69, 9.17) is 23.2 Å². The van der Waals surface area contributed by atoms with E-state index in [9.17, 15) is 0 Å². The summed E-state index contributed by atoms with van der Waals surface area (Å²) < 4.78 is 0. The lowest BCUT2D eigenvalue weighted by molar-refractivity contribution is 0.0593. The number of hydrogen-bond acceptors (Lipinski definition) is 4. The molecule has 3 heterocycles. The highest BCUT2D eigenvalue weighted by Crippen LogP contribution is 2.31. The van der Waals surface area contributed by atoms with Crippen LogP contribution in [0.15, 0.2) is 48.7 Å². The average Bonchev–Trinajstić information content (AvgIpc) is 2.80. The van der Waals surface area contributed by atoms with Crippen LogP contribution in [0, 0.1) is 5.92 Å². The van der Waals surface area contributed by atoms with Crippen LogP contribution in [0.3, 0.4) is 0 Å². The zero-order valence-electron chi connectivity index (χ0n) is 18.3. The minimum Gasteiger partial charge on any atom is -0.355 e. The molecule has 6 heteroatoms. The molecule has 5 rings (SSSR count). The number of pyridine rings is 1. The van der Waals surface area contributed by atoms with E-state index in [1.54, 1.807) is 6.20 Å². The summed E-state index contributed by atoms with van der Waals surface area (Å²) in [5.74, 6) is 0.761. The highest BCUT2D eigenvalue weighted by atomic mass is 35.5. The Kier molecular flexibility index (Phi) is 6.84. The quantitative estimate of drug-likeness (QED) is 0.425. The van der Waals surface area contributed by atoms with Crippen LogP contribution in [0.2, 0.25) is 10.0 Å². The first kappa shape index (κ1) is 22.0. The van der Waals surface area contributed by atoms with Crippen LogP contribution >= 0.6 is 23.2 Å². The highest BCUT2D eigenvalue weighted by Gasteiger charge is 2.32. The van der Waals surface area contributed by atoms with Gasteiger partial charge >= 0.3 is 0 Å². The van der Waals surface area contributed by atoms with Crippen molar-refractivity contribution in [3.05, 3.63) is 64.3 Å². The molecule has 0 saturated carbocycles. The molecule has 0 spiro atoms. The van der Waals surface area contributed by atoms with Gasteiger partial charge in [0, 0.05) is 45.6 Å². The summed E-state index contributed by atoms with van der Waals surface area (Å²) in [5.41, 5.74) is 3.96. The number of rotatable bonds is 6. The maximum absolute atomic E-state index is 6.65. The van der Waals surface area contributed by atoms with Gasteiger partial charge in [0.25, 0.3) is 0 Å². The molecule has 0 bridgehead atoms. The molecule has 2 saturated heterocycles. The fourth-order valence-electron chi connectivity index (χ4n) is 5.36. The smallest absolute Gasteiger partial charge is 0.0737 e. The number of aromatic nitrogens is 1. The fraction of sp³-hybridized carbons (Fsp3) is 0.423. The molecule has 168 valence electrons. The normalized spacial score (nSPS) is 21.4. The van der Waals surface area contributed by atoms with E-state index in [1.807, 2.05) is 30.3 Å². The Labute approximate surface area is 200 Å². The Bertz CT molecular complexity index is 1080. The molecule has 4 nitrogen and oxygen atoms in total. The second kappa shape index (κ2) is 9.96. The van der Waals surface area contributed by atoms with Crippen molar-refractivity contribution in [3.8, 4) is 0 Å². The van der Waals surface area contributed by atoms with Gasteiger partial charge in [0.1, 0.15) is 0 Å². The van der Waals surface area contributed by atoms with Crippen molar-refractivity contribution in [2.45, 2.75) is 44.7 Å². The molecule has 2 atom stereocenters. The summed E-state index contributed by atoms with van der Waals surface area (Å²) in [5, 5.41) is 9.67. The van der Waals surface area contributed by atoms with Crippen LogP contribution in [0.25, 0.3) is 10.9 Å². The molecule has 0 radical (unpaired) electrons. The topological polar surface area (TPSA) is 40.2 Å². The second-order valence-corrected chi connectivity index (χ2v) is 9.93. The van der Waals surface area contributed by atoms with E-state index in [0.717, 1.165) is 57.9 Å². The van der Waals surface area contributed by atoms with Crippen molar-refractivity contribution in [2.24, 2.45) is 5.92 Å². The number of hydrogen-bond donors (Lipinski definition) is 2. The number of nitrogens with zero attached hydrogens (tertiary/aromatic N) is 2. The van der Waals surface area contributed by atoms with E-state index in [1.165, 1.54) is 45.2 Å².